The molecule has 1 unspecified atom stereocenters. The maximum atomic E-state index is 8.26. The standard InChI is InChI=1S/C5H5N5/c6-1-4(9)5(10,2-7)3-8/h4H,9-10H2. The van der Waals surface area contributed by atoms with Crippen LogP contribution in [0.1, 0.15) is 0 Å². The Bertz CT molecular complexity index is 222. The molecule has 0 aliphatic carbocycles. The molecule has 0 radical (unpaired) electrons. The summed E-state index contributed by atoms with van der Waals surface area (Å²) in [7, 11) is 0. The van der Waals surface area contributed by atoms with E-state index in [-0.39, 0.29) is 0 Å². The summed E-state index contributed by atoms with van der Waals surface area (Å²) in [5.41, 5.74) is 8.24. The Morgan fingerprint density at radius 2 is 1.60 bits per heavy atom. The summed E-state index contributed by atoms with van der Waals surface area (Å²) < 4.78 is 0. The molecule has 0 amide bonds. The molecule has 0 aromatic rings. The van der Waals surface area contributed by atoms with Crippen LogP contribution in [0.25, 0.3) is 0 Å². The molecular weight excluding hydrogens is 130 g/mol. The third kappa shape index (κ3) is 1.21. The molecule has 0 aromatic heterocycles. The maximum Gasteiger partial charge on any atom is 0.220 e. The second-order valence-electron chi connectivity index (χ2n) is 1.70. The van der Waals surface area contributed by atoms with Crippen LogP contribution in [0.15, 0.2) is 0 Å². The van der Waals surface area contributed by atoms with Crippen LogP contribution in [0.3, 0.4) is 0 Å². The lowest BCUT2D eigenvalue weighted by Gasteiger charge is -2.12. The Balaban J connectivity index is 4.62. The molecule has 0 bridgehead atoms. The van der Waals surface area contributed by atoms with E-state index in [2.05, 4.69) is 0 Å². The first kappa shape index (κ1) is 8.39. The van der Waals surface area contributed by atoms with E-state index in [0.717, 1.165) is 0 Å². The van der Waals surface area contributed by atoms with Gasteiger partial charge in [-0.15, -0.1) is 0 Å². The van der Waals surface area contributed by atoms with Gasteiger partial charge < -0.3 is 5.73 Å². The molecule has 0 rings (SSSR count). The molecule has 0 aromatic carbocycles. The van der Waals surface area contributed by atoms with Gasteiger partial charge in [0.25, 0.3) is 0 Å². The Morgan fingerprint density at radius 1 is 1.20 bits per heavy atom. The van der Waals surface area contributed by atoms with Crippen LogP contribution in [0.5, 0.6) is 0 Å². The molecule has 50 valence electrons. The van der Waals surface area contributed by atoms with Gasteiger partial charge in [0.2, 0.25) is 5.54 Å². The SMILES string of the molecule is N#CC(N)C(N)(C#N)C#N. The first-order valence-corrected chi connectivity index (χ1v) is 2.37. The van der Waals surface area contributed by atoms with Crippen LogP contribution in [0, 0.1) is 34.0 Å². The third-order valence-electron chi connectivity index (χ3n) is 1.000. The quantitative estimate of drug-likeness (QED) is 0.456. The van der Waals surface area contributed by atoms with Gasteiger partial charge in [-0.25, -0.2) is 0 Å². The van der Waals surface area contributed by atoms with Crippen LogP contribution in [-0.4, -0.2) is 11.6 Å². The summed E-state index contributed by atoms with van der Waals surface area (Å²) in [5.74, 6) is 0. The molecule has 4 N–H and O–H groups in total. The maximum absolute atomic E-state index is 8.26. The van der Waals surface area contributed by atoms with Crippen molar-refractivity contribution in [3.63, 3.8) is 0 Å². The van der Waals surface area contributed by atoms with Crippen LogP contribution >= 0.6 is 0 Å². The minimum Gasteiger partial charge on any atom is -0.313 e. The summed E-state index contributed by atoms with van der Waals surface area (Å²) >= 11 is 0. The van der Waals surface area contributed by atoms with Crippen molar-refractivity contribution in [2.75, 3.05) is 0 Å². The van der Waals surface area contributed by atoms with Crippen LogP contribution < -0.4 is 11.5 Å². The average molecular weight is 135 g/mol. The van der Waals surface area contributed by atoms with Gasteiger partial charge in [0.05, 0.1) is 6.07 Å². The first-order valence-electron chi connectivity index (χ1n) is 2.37. The largest absolute Gasteiger partial charge is 0.313 e. The molecular formula is C5H5N5. The highest BCUT2D eigenvalue weighted by Gasteiger charge is 2.32. The highest BCUT2D eigenvalue weighted by Crippen LogP contribution is 1.99. The topological polar surface area (TPSA) is 123 Å². The van der Waals surface area contributed by atoms with Gasteiger partial charge in [-0.3, -0.25) is 5.73 Å². The van der Waals surface area contributed by atoms with Crippen molar-refractivity contribution in [1.82, 2.24) is 0 Å². The Morgan fingerprint density at radius 3 is 1.70 bits per heavy atom. The first-order chi connectivity index (χ1) is 4.60. The number of hydrogen-bond donors (Lipinski definition) is 2. The normalized spacial score (nSPS) is 12.3. The van der Waals surface area contributed by atoms with E-state index in [1.807, 2.05) is 0 Å². The highest BCUT2D eigenvalue weighted by molar-refractivity contribution is 5.29. The fourth-order valence-corrected chi connectivity index (χ4v) is 0.266. The number of nitrogens with zero attached hydrogens (tertiary/aromatic N) is 3. The van der Waals surface area contributed by atoms with Gasteiger partial charge in [0.15, 0.2) is 0 Å². The fourth-order valence-electron chi connectivity index (χ4n) is 0.266. The lowest BCUT2D eigenvalue weighted by atomic mass is 9.97. The van der Waals surface area contributed by atoms with Gasteiger partial charge in [-0.2, -0.15) is 15.8 Å². The minimum absolute atomic E-state index is 1.26. The van der Waals surface area contributed by atoms with Crippen LogP contribution in [0.2, 0.25) is 0 Å². The predicted octanol–water partition coefficient (Wildman–Crippen LogP) is -1.42. The zero-order chi connectivity index (χ0) is 8.20. The van der Waals surface area contributed by atoms with Gasteiger partial charge in [0.1, 0.15) is 18.2 Å². The zero-order valence-corrected chi connectivity index (χ0v) is 5.07. The molecule has 5 heteroatoms. The van der Waals surface area contributed by atoms with Crippen molar-refractivity contribution < 1.29 is 0 Å². The van der Waals surface area contributed by atoms with Crippen molar-refractivity contribution in [2.24, 2.45) is 11.5 Å². The average Bonchev–Trinajstić information content (AvgIpc) is 2.01. The van der Waals surface area contributed by atoms with E-state index in [1.165, 1.54) is 18.2 Å². The molecule has 0 saturated heterocycles. The smallest absolute Gasteiger partial charge is 0.220 e. The highest BCUT2D eigenvalue weighted by atomic mass is 14.8. The number of hydrogen-bond acceptors (Lipinski definition) is 5. The molecule has 1 atom stereocenters. The van der Waals surface area contributed by atoms with E-state index >= 15 is 0 Å². The number of nitrogens with two attached hydrogens (primary N) is 2. The van der Waals surface area contributed by atoms with E-state index in [9.17, 15) is 0 Å². The van der Waals surface area contributed by atoms with Gasteiger partial charge in [-0.1, -0.05) is 0 Å². The fraction of sp³-hybridized carbons (Fsp3) is 0.400. The number of nitriles is 3. The Hall–Kier alpha value is -1.61. The van der Waals surface area contributed by atoms with E-state index in [1.54, 1.807) is 0 Å². The summed E-state index contributed by atoms with van der Waals surface area (Å²) in [6.07, 6.45) is 0. The second kappa shape index (κ2) is 2.80. The Kier molecular flexibility index (Phi) is 2.35. The molecule has 0 fully saturated rings. The molecule has 0 heterocycles. The minimum atomic E-state index is -1.88. The lowest BCUT2D eigenvalue weighted by molar-refractivity contribution is 0.610. The molecule has 0 aliphatic heterocycles. The monoisotopic (exact) mass is 135 g/mol. The summed E-state index contributed by atoms with van der Waals surface area (Å²) in [6.45, 7) is 0. The molecule has 0 aliphatic rings. The van der Waals surface area contributed by atoms with Gasteiger partial charge in [-0.05, 0) is 0 Å². The van der Waals surface area contributed by atoms with Crippen LogP contribution in [0.4, 0.5) is 0 Å². The third-order valence-corrected chi connectivity index (χ3v) is 1.000. The lowest BCUT2D eigenvalue weighted by Crippen LogP contribution is -2.52. The van der Waals surface area contributed by atoms with Gasteiger partial charge in [0, 0.05) is 0 Å². The molecule has 0 saturated carbocycles. The molecule has 5 nitrogen and oxygen atoms in total. The van der Waals surface area contributed by atoms with Crippen LogP contribution in [-0.2, 0) is 0 Å². The molecule has 10 heavy (non-hydrogen) atoms. The van der Waals surface area contributed by atoms with Crippen molar-refractivity contribution in [1.29, 1.82) is 15.8 Å². The summed E-state index contributed by atoms with van der Waals surface area (Å²) in [5, 5.41) is 24.7. The van der Waals surface area contributed by atoms with E-state index in [4.69, 9.17) is 27.3 Å². The number of rotatable bonds is 1. The Labute approximate surface area is 58.1 Å². The molecule has 0 spiro atoms. The summed E-state index contributed by atoms with van der Waals surface area (Å²) in [4.78, 5) is 0. The van der Waals surface area contributed by atoms with Crippen molar-refractivity contribution in [3.05, 3.63) is 0 Å². The van der Waals surface area contributed by atoms with Crippen molar-refractivity contribution >= 4 is 0 Å². The van der Waals surface area contributed by atoms with E-state index in [0.29, 0.717) is 0 Å². The van der Waals surface area contributed by atoms with Crippen molar-refractivity contribution in [3.8, 4) is 18.2 Å². The summed E-state index contributed by atoms with van der Waals surface area (Å²) in [6, 6.07) is 3.15. The predicted molar refractivity (Wildman–Crippen MR) is 31.7 cm³/mol. The zero-order valence-electron chi connectivity index (χ0n) is 5.07. The second-order valence-corrected chi connectivity index (χ2v) is 1.70. The van der Waals surface area contributed by atoms with Crippen molar-refractivity contribution in [2.45, 2.75) is 11.6 Å². The van der Waals surface area contributed by atoms with Gasteiger partial charge >= 0.3 is 0 Å². The van der Waals surface area contributed by atoms with E-state index < -0.39 is 11.6 Å².